The number of benzene rings is 1. The molecule has 1 amide bonds. The zero-order valence-corrected chi connectivity index (χ0v) is 15.2. The highest BCUT2D eigenvalue weighted by atomic mass is 32.1. The number of aromatic nitrogens is 4. The topological polar surface area (TPSA) is 64.7 Å². The quantitative estimate of drug-likeness (QED) is 0.613. The number of amides is 1. The number of nitrogens with zero attached hydrogens (tertiary/aromatic N) is 4. The van der Waals surface area contributed by atoms with Crippen LogP contribution in [0.1, 0.15) is 21.2 Å². The second kappa shape index (κ2) is 6.00. The van der Waals surface area contributed by atoms with Crippen molar-refractivity contribution in [3.63, 3.8) is 0 Å². The monoisotopic (exact) mass is 353 g/mol. The van der Waals surface area contributed by atoms with Crippen LogP contribution in [-0.2, 0) is 13.6 Å². The molecule has 7 heteroatoms. The fourth-order valence-electron chi connectivity index (χ4n) is 3.16. The smallest absolute Gasteiger partial charge is 0.261 e. The summed E-state index contributed by atoms with van der Waals surface area (Å²) in [5.74, 6) is 0.918. The van der Waals surface area contributed by atoms with Gasteiger partial charge in [-0.15, -0.1) is 11.3 Å². The van der Waals surface area contributed by atoms with Crippen LogP contribution in [0.5, 0.6) is 0 Å². The molecule has 0 unspecified atom stereocenters. The van der Waals surface area contributed by atoms with E-state index in [0.29, 0.717) is 13.1 Å². The molecule has 0 aliphatic heterocycles. The molecule has 0 radical (unpaired) electrons. The standard InChI is InChI=1S/C18H19N5OS/c1-11-13-10-16(25-18(13)22(3)21-11)17(24)19-8-9-23-12(2)20-14-6-4-5-7-15(14)23/h4-7,10H,8-9H2,1-3H3,(H,19,24). The summed E-state index contributed by atoms with van der Waals surface area (Å²) in [6, 6.07) is 9.98. The molecule has 0 spiro atoms. The largest absolute Gasteiger partial charge is 0.350 e. The number of aryl methyl sites for hydroxylation is 3. The minimum atomic E-state index is -0.0392. The van der Waals surface area contributed by atoms with Crippen molar-refractivity contribution in [2.75, 3.05) is 6.54 Å². The van der Waals surface area contributed by atoms with Gasteiger partial charge in [0.05, 0.1) is 21.6 Å². The second-order valence-electron chi connectivity index (χ2n) is 6.09. The van der Waals surface area contributed by atoms with Crippen molar-refractivity contribution in [1.82, 2.24) is 24.6 Å². The highest BCUT2D eigenvalue weighted by molar-refractivity contribution is 7.20. The van der Waals surface area contributed by atoms with Gasteiger partial charge in [0.25, 0.3) is 5.91 Å². The number of carbonyl (C=O) groups excluding carboxylic acids is 1. The molecule has 0 aliphatic rings. The van der Waals surface area contributed by atoms with Crippen LogP contribution in [0.4, 0.5) is 0 Å². The Morgan fingerprint density at radius 3 is 2.88 bits per heavy atom. The zero-order chi connectivity index (χ0) is 17.6. The number of fused-ring (bicyclic) bond motifs is 2. The normalized spacial score (nSPS) is 11.5. The van der Waals surface area contributed by atoms with Crippen molar-refractivity contribution >= 4 is 38.5 Å². The molecule has 0 atom stereocenters. The molecule has 25 heavy (non-hydrogen) atoms. The molecular weight excluding hydrogens is 334 g/mol. The molecule has 1 aromatic carbocycles. The molecule has 128 valence electrons. The maximum atomic E-state index is 12.5. The van der Waals surface area contributed by atoms with Crippen molar-refractivity contribution < 1.29 is 4.79 Å². The molecule has 3 heterocycles. The van der Waals surface area contributed by atoms with Gasteiger partial charge in [0, 0.05) is 25.5 Å². The SMILES string of the molecule is Cc1nn(C)c2sc(C(=O)NCCn3c(C)nc4ccccc43)cc12. The van der Waals surface area contributed by atoms with Gasteiger partial charge in [-0.25, -0.2) is 4.98 Å². The fourth-order valence-corrected chi connectivity index (χ4v) is 4.20. The van der Waals surface area contributed by atoms with Crippen molar-refractivity contribution in [3.8, 4) is 0 Å². The maximum absolute atomic E-state index is 12.5. The molecule has 0 bridgehead atoms. The average molecular weight is 353 g/mol. The van der Waals surface area contributed by atoms with Gasteiger partial charge in [-0.05, 0) is 32.0 Å². The predicted molar refractivity (Wildman–Crippen MR) is 100 cm³/mol. The summed E-state index contributed by atoms with van der Waals surface area (Å²) in [4.78, 5) is 18.8. The van der Waals surface area contributed by atoms with Crippen LogP contribution < -0.4 is 5.32 Å². The van der Waals surface area contributed by atoms with Crippen LogP contribution in [0, 0.1) is 13.8 Å². The Kier molecular flexibility index (Phi) is 3.80. The fraction of sp³-hybridized carbons (Fsp3) is 0.278. The van der Waals surface area contributed by atoms with Gasteiger partial charge in [0.15, 0.2) is 0 Å². The van der Waals surface area contributed by atoms with E-state index in [1.54, 1.807) is 0 Å². The number of carbonyl (C=O) groups is 1. The molecule has 3 aromatic heterocycles. The Morgan fingerprint density at radius 2 is 2.08 bits per heavy atom. The molecule has 1 N–H and O–H groups in total. The summed E-state index contributed by atoms with van der Waals surface area (Å²) in [5.41, 5.74) is 3.03. The lowest BCUT2D eigenvalue weighted by molar-refractivity contribution is 0.0956. The predicted octanol–water partition coefficient (Wildman–Crippen LogP) is 3.03. The first-order chi connectivity index (χ1) is 12.0. The van der Waals surface area contributed by atoms with Gasteiger partial charge in [0.1, 0.15) is 10.7 Å². The van der Waals surface area contributed by atoms with E-state index in [4.69, 9.17) is 0 Å². The van der Waals surface area contributed by atoms with Crippen LogP contribution in [0.3, 0.4) is 0 Å². The average Bonchev–Trinajstić information content (AvgIpc) is 3.23. The van der Waals surface area contributed by atoms with E-state index in [0.717, 1.165) is 37.6 Å². The minimum absolute atomic E-state index is 0.0392. The molecule has 0 aliphatic carbocycles. The first-order valence-electron chi connectivity index (χ1n) is 8.18. The van der Waals surface area contributed by atoms with Crippen LogP contribution >= 0.6 is 11.3 Å². The molecular formula is C18H19N5OS. The molecule has 4 rings (SSSR count). The Morgan fingerprint density at radius 1 is 1.28 bits per heavy atom. The third-order valence-electron chi connectivity index (χ3n) is 4.39. The van der Waals surface area contributed by atoms with Crippen molar-refractivity contribution in [2.24, 2.45) is 7.05 Å². The van der Waals surface area contributed by atoms with Gasteiger partial charge in [-0.3, -0.25) is 9.48 Å². The summed E-state index contributed by atoms with van der Waals surface area (Å²) in [7, 11) is 1.90. The van der Waals surface area contributed by atoms with Crippen LogP contribution in [0.25, 0.3) is 21.3 Å². The number of rotatable bonds is 4. The molecule has 6 nitrogen and oxygen atoms in total. The van der Waals surface area contributed by atoms with Gasteiger partial charge in [-0.1, -0.05) is 12.1 Å². The number of para-hydroxylation sites is 2. The van der Waals surface area contributed by atoms with Crippen molar-refractivity contribution in [2.45, 2.75) is 20.4 Å². The Bertz CT molecular complexity index is 1050. The van der Waals surface area contributed by atoms with Crippen molar-refractivity contribution in [1.29, 1.82) is 0 Å². The maximum Gasteiger partial charge on any atom is 0.261 e. The Hall–Kier alpha value is -2.67. The van der Waals surface area contributed by atoms with Crippen LogP contribution in [0.2, 0.25) is 0 Å². The van der Waals surface area contributed by atoms with Crippen LogP contribution in [-0.4, -0.2) is 31.8 Å². The lowest BCUT2D eigenvalue weighted by Crippen LogP contribution is -2.26. The minimum Gasteiger partial charge on any atom is -0.350 e. The van der Waals surface area contributed by atoms with E-state index in [-0.39, 0.29) is 5.91 Å². The summed E-state index contributed by atoms with van der Waals surface area (Å²) in [6.45, 7) is 5.21. The van der Waals surface area contributed by atoms with Gasteiger partial charge in [-0.2, -0.15) is 5.10 Å². The van der Waals surface area contributed by atoms with Gasteiger partial charge >= 0.3 is 0 Å². The summed E-state index contributed by atoms with van der Waals surface area (Å²) < 4.78 is 3.96. The van der Waals surface area contributed by atoms with E-state index < -0.39 is 0 Å². The second-order valence-corrected chi connectivity index (χ2v) is 7.12. The van der Waals surface area contributed by atoms with E-state index in [1.807, 2.05) is 49.8 Å². The molecule has 0 fully saturated rings. The number of imidazole rings is 1. The van der Waals surface area contributed by atoms with Crippen molar-refractivity contribution in [3.05, 3.63) is 46.7 Å². The molecule has 0 saturated heterocycles. The number of hydrogen-bond acceptors (Lipinski definition) is 4. The third kappa shape index (κ3) is 2.70. The zero-order valence-electron chi connectivity index (χ0n) is 14.4. The highest BCUT2D eigenvalue weighted by Gasteiger charge is 2.15. The first-order valence-corrected chi connectivity index (χ1v) is 8.99. The van der Waals surface area contributed by atoms with Gasteiger partial charge < -0.3 is 9.88 Å². The van der Waals surface area contributed by atoms with Gasteiger partial charge in [0.2, 0.25) is 0 Å². The Labute approximate surface area is 149 Å². The molecule has 0 saturated carbocycles. The van der Waals surface area contributed by atoms with E-state index in [1.165, 1.54) is 11.3 Å². The summed E-state index contributed by atoms with van der Waals surface area (Å²) in [5, 5.41) is 8.43. The number of thiophene rings is 1. The van der Waals surface area contributed by atoms with Crippen LogP contribution in [0.15, 0.2) is 30.3 Å². The Balaban J connectivity index is 1.47. The van der Waals surface area contributed by atoms with E-state index >= 15 is 0 Å². The highest BCUT2D eigenvalue weighted by Crippen LogP contribution is 2.27. The number of hydrogen-bond donors (Lipinski definition) is 1. The van der Waals surface area contributed by atoms with E-state index in [9.17, 15) is 4.79 Å². The lowest BCUT2D eigenvalue weighted by Gasteiger charge is -2.08. The lowest BCUT2D eigenvalue weighted by atomic mass is 10.3. The summed E-state index contributed by atoms with van der Waals surface area (Å²) >= 11 is 1.48. The summed E-state index contributed by atoms with van der Waals surface area (Å²) in [6.07, 6.45) is 0. The first kappa shape index (κ1) is 15.8. The molecule has 4 aromatic rings. The van der Waals surface area contributed by atoms with E-state index in [2.05, 4.69) is 26.0 Å². The third-order valence-corrected chi connectivity index (χ3v) is 5.59. The number of nitrogens with one attached hydrogen (secondary N) is 1.